The van der Waals surface area contributed by atoms with Crippen LogP contribution in [0.5, 0.6) is 0 Å². The minimum Gasteiger partial charge on any atom is -0.355 e. The van der Waals surface area contributed by atoms with Crippen molar-refractivity contribution in [3.63, 3.8) is 0 Å². The number of rotatable bonds is 3. The van der Waals surface area contributed by atoms with E-state index in [1.54, 1.807) is 23.2 Å². The lowest BCUT2D eigenvalue weighted by Crippen LogP contribution is -2.38. The second-order valence-corrected chi connectivity index (χ2v) is 5.56. The van der Waals surface area contributed by atoms with E-state index in [9.17, 15) is 4.79 Å². The molecule has 0 radical (unpaired) electrons. The highest BCUT2D eigenvalue weighted by Gasteiger charge is 2.26. The second-order valence-electron chi connectivity index (χ2n) is 5.56. The molecule has 0 bridgehead atoms. The summed E-state index contributed by atoms with van der Waals surface area (Å²) in [7, 11) is 0. The minimum absolute atomic E-state index is 0.0137. The number of hydrogen-bond donors (Lipinski definition) is 2. The Kier molecular flexibility index (Phi) is 3.37. The van der Waals surface area contributed by atoms with Crippen molar-refractivity contribution in [1.82, 2.24) is 30.0 Å². The van der Waals surface area contributed by atoms with Crippen molar-refractivity contribution in [2.45, 2.75) is 12.8 Å². The van der Waals surface area contributed by atoms with Gasteiger partial charge in [-0.2, -0.15) is 9.61 Å². The molecular formula is C14H16N8O. The smallest absolute Gasteiger partial charge is 0.227 e. The van der Waals surface area contributed by atoms with Crippen molar-refractivity contribution in [3.05, 3.63) is 30.9 Å². The van der Waals surface area contributed by atoms with Crippen LogP contribution in [-0.2, 0) is 4.79 Å². The monoisotopic (exact) mass is 312 g/mol. The summed E-state index contributed by atoms with van der Waals surface area (Å²) in [5.41, 5.74) is 1.43. The van der Waals surface area contributed by atoms with E-state index in [0.29, 0.717) is 5.69 Å². The Morgan fingerprint density at radius 3 is 2.96 bits per heavy atom. The molecule has 0 aromatic carbocycles. The van der Waals surface area contributed by atoms with E-state index < -0.39 is 0 Å². The fourth-order valence-electron chi connectivity index (χ4n) is 2.82. The molecule has 2 N–H and O–H groups in total. The molecule has 23 heavy (non-hydrogen) atoms. The van der Waals surface area contributed by atoms with Gasteiger partial charge in [0, 0.05) is 25.2 Å². The maximum Gasteiger partial charge on any atom is 0.227 e. The third kappa shape index (κ3) is 2.72. The number of aromatic nitrogens is 6. The number of amides is 1. The van der Waals surface area contributed by atoms with Gasteiger partial charge >= 0.3 is 0 Å². The van der Waals surface area contributed by atoms with Gasteiger partial charge in [-0.15, -0.1) is 15.3 Å². The summed E-state index contributed by atoms with van der Waals surface area (Å²) in [6, 6.07) is 3.84. The van der Waals surface area contributed by atoms with Crippen LogP contribution in [-0.4, -0.2) is 49.0 Å². The highest BCUT2D eigenvalue weighted by molar-refractivity contribution is 5.92. The second kappa shape index (κ2) is 5.67. The molecule has 118 valence electrons. The topological polar surface area (TPSA) is 104 Å². The van der Waals surface area contributed by atoms with E-state index in [0.717, 1.165) is 37.4 Å². The molecule has 3 aromatic heterocycles. The average Bonchev–Trinajstić information content (AvgIpc) is 3.25. The number of H-pyrrole nitrogens is 1. The van der Waals surface area contributed by atoms with Gasteiger partial charge in [0.1, 0.15) is 12.1 Å². The van der Waals surface area contributed by atoms with Gasteiger partial charge < -0.3 is 10.2 Å². The number of carbonyl (C=O) groups is 1. The van der Waals surface area contributed by atoms with Gasteiger partial charge in [0.05, 0.1) is 11.9 Å². The highest BCUT2D eigenvalue weighted by atomic mass is 16.1. The van der Waals surface area contributed by atoms with Crippen molar-refractivity contribution < 1.29 is 4.79 Å². The molecule has 4 heterocycles. The number of carbonyl (C=O) groups excluding carboxylic acids is 1. The molecule has 1 fully saturated rings. The van der Waals surface area contributed by atoms with Crippen LogP contribution in [0.3, 0.4) is 0 Å². The van der Waals surface area contributed by atoms with E-state index in [1.807, 2.05) is 12.1 Å². The van der Waals surface area contributed by atoms with Gasteiger partial charge in [-0.1, -0.05) is 0 Å². The number of piperidine rings is 1. The maximum atomic E-state index is 12.2. The fraction of sp³-hybridized carbons (Fsp3) is 0.357. The zero-order valence-corrected chi connectivity index (χ0v) is 12.4. The third-order valence-corrected chi connectivity index (χ3v) is 4.10. The number of nitrogens with one attached hydrogen (secondary N) is 2. The number of fused-ring (bicyclic) bond motifs is 1. The Morgan fingerprint density at radius 2 is 2.17 bits per heavy atom. The van der Waals surface area contributed by atoms with Crippen LogP contribution < -0.4 is 10.2 Å². The van der Waals surface area contributed by atoms with Gasteiger partial charge in [0.2, 0.25) is 5.91 Å². The molecular weight excluding hydrogens is 296 g/mol. The highest BCUT2D eigenvalue weighted by Crippen LogP contribution is 2.23. The Labute approximate surface area is 131 Å². The number of anilines is 2. The van der Waals surface area contributed by atoms with Gasteiger partial charge in [-0.05, 0) is 25.0 Å². The molecule has 0 unspecified atom stereocenters. The summed E-state index contributed by atoms with van der Waals surface area (Å²) in [5.74, 6) is 0.944. The molecule has 0 saturated carbocycles. The maximum absolute atomic E-state index is 12.2. The van der Waals surface area contributed by atoms with Crippen molar-refractivity contribution in [3.8, 4) is 0 Å². The molecule has 1 aliphatic rings. The van der Waals surface area contributed by atoms with Crippen molar-refractivity contribution in [2.75, 3.05) is 23.3 Å². The lowest BCUT2D eigenvalue weighted by Gasteiger charge is -2.31. The van der Waals surface area contributed by atoms with Gasteiger partial charge in [-0.3, -0.25) is 9.89 Å². The molecule has 1 amide bonds. The first kappa shape index (κ1) is 13.7. The van der Waals surface area contributed by atoms with Crippen LogP contribution >= 0.6 is 0 Å². The van der Waals surface area contributed by atoms with Crippen molar-refractivity contribution >= 4 is 23.1 Å². The summed E-state index contributed by atoms with van der Waals surface area (Å²) < 4.78 is 1.66. The van der Waals surface area contributed by atoms with E-state index >= 15 is 0 Å². The van der Waals surface area contributed by atoms with E-state index in [1.165, 1.54) is 0 Å². The Balaban J connectivity index is 1.39. The summed E-state index contributed by atoms with van der Waals surface area (Å²) in [4.78, 5) is 14.4. The normalized spacial score (nSPS) is 15.9. The van der Waals surface area contributed by atoms with Gasteiger partial charge in [0.15, 0.2) is 5.65 Å². The molecule has 1 saturated heterocycles. The van der Waals surface area contributed by atoms with Crippen LogP contribution in [0.25, 0.3) is 5.65 Å². The summed E-state index contributed by atoms with van der Waals surface area (Å²) >= 11 is 0. The first-order valence-corrected chi connectivity index (χ1v) is 7.51. The Bertz CT molecular complexity index is 803. The van der Waals surface area contributed by atoms with Crippen molar-refractivity contribution in [1.29, 1.82) is 0 Å². The molecule has 3 aromatic rings. The predicted octanol–water partition coefficient (Wildman–Crippen LogP) is 0.702. The molecule has 1 aliphatic heterocycles. The quantitative estimate of drug-likeness (QED) is 0.738. The van der Waals surface area contributed by atoms with Crippen molar-refractivity contribution in [2.24, 2.45) is 5.92 Å². The van der Waals surface area contributed by atoms with Crippen LogP contribution in [0.2, 0.25) is 0 Å². The number of nitrogens with zero attached hydrogens (tertiary/aromatic N) is 6. The molecule has 9 nitrogen and oxygen atoms in total. The fourth-order valence-corrected chi connectivity index (χ4v) is 2.82. The van der Waals surface area contributed by atoms with E-state index in [2.05, 4.69) is 35.7 Å². The van der Waals surface area contributed by atoms with Crippen LogP contribution in [0, 0.1) is 5.92 Å². The average molecular weight is 312 g/mol. The SMILES string of the molecule is O=C(Nc1cn[nH]c1)C1CCN(c2ccc3nncn3n2)CC1. The standard InChI is InChI=1S/C14H16N8O/c23-14(18-11-7-15-16-8-11)10-3-5-21(6-4-10)13-2-1-12-19-17-9-22(12)20-13/h1-2,7-10H,3-6H2,(H,15,16)(H,18,23). The largest absolute Gasteiger partial charge is 0.355 e. The summed E-state index contributed by atoms with van der Waals surface area (Å²) in [6.45, 7) is 1.59. The number of hydrogen-bond acceptors (Lipinski definition) is 6. The number of aromatic amines is 1. The summed E-state index contributed by atoms with van der Waals surface area (Å²) in [5, 5.41) is 21.7. The lowest BCUT2D eigenvalue weighted by atomic mass is 9.96. The van der Waals surface area contributed by atoms with Gasteiger partial charge in [0.25, 0.3) is 0 Å². The molecule has 0 spiro atoms. The lowest BCUT2D eigenvalue weighted by molar-refractivity contribution is -0.120. The Morgan fingerprint density at radius 1 is 1.30 bits per heavy atom. The van der Waals surface area contributed by atoms with Gasteiger partial charge in [-0.25, -0.2) is 0 Å². The molecule has 9 heteroatoms. The zero-order chi connectivity index (χ0) is 15.6. The molecule has 0 atom stereocenters. The van der Waals surface area contributed by atoms with E-state index in [4.69, 9.17) is 0 Å². The van der Waals surface area contributed by atoms with Crippen LogP contribution in [0.15, 0.2) is 30.9 Å². The zero-order valence-electron chi connectivity index (χ0n) is 12.4. The molecule has 4 rings (SSSR count). The Hall–Kier alpha value is -2.97. The first-order chi connectivity index (χ1) is 11.3. The van der Waals surface area contributed by atoms with Crippen LogP contribution in [0.4, 0.5) is 11.5 Å². The predicted molar refractivity (Wildman–Crippen MR) is 82.9 cm³/mol. The van der Waals surface area contributed by atoms with E-state index in [-0.39, 0.29) is 11.8 Å². The summed E-state index contributed by atoms with van der Waals surface area (Å²) in [6.07, 6.45) is 6.46. The third-order valence-electron chi connectivity index (χ3n) is 4.10. The minimum atomic E-state index is 0.0137. The first-order valence-electron chi connectivity index (χ1n) is 7.51. The molecule has 0 aliphatic carbocycles. The van der Waals surface area contributed by atoms with Crippen LogP contribution in [0.1, 0.15) is 12.8 Å².